The number of amides is 1. The largest absolute Gasteiger partial charge is 0.363 e. The summed E-state index contributed by atoms with van der Waals surface area (Å²) in [6.45, 7) is 3.85. The summed E-state index contributed by atoms with van der Waals surface area (Å²) < 4.78 is 0. The molecule has 0 unspecified atom stereocenters. The van der Waals surface area contributed by atoms with E-state index < -0.39 is 4.92 Å². The van der Waals surface area contributed by atoms with E-state index in [1.807, 2.05) is 9.80 Å². The Morgan fingerprint density at radius 2 is 1.83 bits per heavy atom. The van der Waals surface area contributed by atoms with Gasteiger partial charge in [-0.1, -0.05) is 23.7 Å². The summed E-state index contributed by atoms with van der Waals surface area (Å²) in [6, 6.07) is 11.6. The van der Waals surface area contributed by atoms with Gasteiger partial charge < -0.3 is 10.2 Å². The zero-order valence-electron chi connectivity index (χ0n) is 15.9. The van der Waals surface area contributed by atoms with Gasteiger partial charge in [-0.05, 0) is 31.2 Å². The number of halogens is 1. The van der Waals surface area contributed by atoms with Crippen LogP contribution < -0.4 is 10.2 Å². The Morgan fingerprint density at radius 3 is 2.45 bits per heavy atom. The fraction of sp³-hybridized carbons (Fsp3) is 0.300. The molecule has 1 aliphatic heterocycles. The van der Waals surface area contributed by atoms with Gasteiger partial charge in [-0.2, -0.15) is 0 Å². The first-order chi connectivity index (χ1) is 13.8. The van der Waals surface area contributed by atoms with Gasteiger partial charge in [0.25, 0.3) is 5.69 Å². The highest BCUT2D eigenvalue weighted by molar-refractivity contribution is 6.33. The van der Waals surface area contributed by atoms with Crippen LogP contribution in [0.4, 0.5) is 17.1 Å². The molecule has 8 nitrogen and oxygen atoms in total. The number of carbonyl (C=O) groups is 2. The Morgan fingerprint density at radius 1 is 1.14 bits per heavy atom. The summed E-state index contributed by atoms with van der Waals surface area (Å²) in [5.74, 6) is -0.377. The number of carbonyl (C=O) groups excluding carboxylic acids is 2. The molecule has 1 aliphatic rings. The van der Waals surface area contributed by atoms with E-state index in [0.717, 1.165) is 0 Å². The van der Waals surface area contributed by atoms with Crippen molar-refractivity contribution in [2.75, 3.05) is 42.9 Å². The SMILES string of the molecule is CC(=O)c1ccc(N2CCN(CC(=O)Nc3ccccc3Cl)CC2)c([N+](=O)[O-])c1. The van der Waals surface area contributed by atoms with Gasteiger partial charge >= 0.3 is 0 Å². The Labute approximate surface area is 173 Å². The van der Waals surface area contributed by atoms with Gasteiger partial charge in [-0.3, -0.25) is 24.6 Å². The molecule has 2 aromatic carbocycles. The van der Waals surface area contributed by atoms with Crippen LogP contribution in [0.1, 0.15) is 17.3 Å². The average molecular weight is 417 g/mol. The van der Waals surface area contributed by atoms with Crippen LogP contribution in [-0.4, -0.2) is 54.2 Å². The van der Waals surface area contributed by atoms with Crippen molar-refractivity contribution in [3.05, 3.63) is 63.2 Å². The molecule has 3 rings (SSSR count). The summed E-state index contributed by atoms with van der Waals surface area (Å²) in [7, 11) is 0. The van der Waals surface area contributed by atoms with E-state index in [0.29, 0.717) is 48.1 Å². The minimum Gasteiger partial charge on any atom is -0.363 e. The maximum atomic E-state index is 12.3. The number of ketones is 1. The van der Waals surface area contributed by atoms with Crippen molar-refractivity contribution in [3.63, 3.8) is 0 Å². The van der Waals surface area contributed by atoms with Crippen molar-refractivity contribution in [2.24, 2.45) is 0 Å². The molecule has 2 aromatic rings. The standard InChI is InChI=1S/C20H21ClN4O4/c1-14(26)15-6-7-18(19(12-15)25(28)29)24-10-8-23(9-11-24)13-20(27)22-17-5-3-2-4-16(17)21/h2-7,12H,8-11,13H2,1H3,(H,22,27). The molecule has 0 atom stereocenters. The zero-order chi connectivity index (χ0) is 21.0. The molecule has 0 aliphatic carbocycles. The number of nitrogens with one attached hydrogen (secondary N) is 1. The number of rotatable bonds is 6. The van der Waals surface area contributed by atoms with Gasteiger partial charge in [-0.15, -0.1) is 0 Å². The number of para-hydroxylation sites is 1. The highest BCUT2D eigenvalue weighted by Crippen LogP contribution is 2.30. The molecule has 0 radical (unpaired) electrons. The number of nitro benzene ring substituents is 1. The summed E-state index contributed by atoms with van der Waals surface area (Å²) >= 11 is 6.06. The highest BCUT2D eigenvalue weighted by Gasteiger charge is 2.25. The summed E-state index contributed by atoms with van der Waals surface area (Å²) in [5, 5.41) is 14.7. The van der Waals surface area contributed by atoms with Gasteiger partial charge in [-0.25, -0.2) is 0 Å². The van der Waals surface area contributed by atoms with E-state index in [4.69, 9.17) is 11.6 Å². The Balaban J connectivity index is 1.60. The number of hydrogen-bond acceptors (Lipinski definition) is 6. The molecule has 0 spiro atoms. The number of nitrogens with zero attached hydrogens (tertiary/aromatic N) is 3. The molecule has 0 bridgehead atoms. The zero-order valence-corrected chi connectivity index (χ0v) is 16.7. The predicted octanol–water partition coefficient (Wildman–Crippen LogP) is 3.21. The molecule has 1 fully saturated rings. The van der Waals surface area contributed by atoms with Crippen molar-refractivity contribution in [1.82, 2.24) is 4.90 Å². The maximum Gasteiger partial charge on any atom is 0.293 e. The third-order valence-corrected chi connectivity index (χ3v) is 5.14. The lowest BCUT2D eigenvalue weighted by atomic mass is 10.1. The lowest BCUT2D eigenvalue weighted by molar-refractivity contribution is -0.384. The molecule has 0 aromatic heterocycles. The Bertz CT molecular complexity index is 942. The fourth-order valence-electron chi connectivity index (χ4n) is 3.26. The van der Waals surface area contributed by atoms with Crippen LogP contribution in [0.5, 0.6) is 0 Å². The van der Waals surface area contributed by atoms with Crippen LogP contribution in [0.15, 0.2) is 42.5 Å². The number of benzene rings is 2. The van der Waals surface area contributed by atoms with Crippen LogP contribution in [0.3, 0.4) is 0 Å². The minimum absolute atomic E-state index is 0.0809. The van der Waals surface area contributed by atoms with Crippen molar-refractivity contribution >= 4 is 40.4 Å². The van der Waals surface area contributed by atoms with Gasteiger partial charge in [0.2, 0.25) is 5.91 Å². The van der Waals surface area contributed by atoms with E-state index in [9.17, 15) is 19.7 Å². The minimum atomic E-state index is -0.467. The lowest BCUT2D eigenvalue weighted by Gasteiger charge is -2.35. The van der Waals surface area contributed by atoms with E-state index in [-0.39, 0.29) is 23.9 Å². The number of nitro groups is 1. The first kappa shape index (κ1) is 20.8. The molecule has 1 N–H and O–H groups in total. The molecular weight excluding hydrogens is 396 g/mol. The Kier molecular flexibility index (Phi) is 6.46. The maximum absolute atomic E-state index is 12.3. The molecule has 29 heavy (non-hydrogen) atoms. The van der Waals surface area contributed by atoms with Crippen molar-refractivity contribution in [2.45, 2.75) is 6.92 Å². The number of anilines is 2. The van der Waals surface area contributed by atoms with E-state index in [1.54, 1.807) is 36.4 Å². The molecule has 152 valence electrons. The second-order valence-corrected chi connectivity index (χ2v) is 7.22. The quantitative estimate of drug-likeness (QED) is 0.441. The van der Waals surface area contributed by atoms with Crippen molar-refractivity contribution < 1.29 is 14.5 Å². The second-order valence-electron chi connectivity index (χ2n) is 6.81. The van der Waals surface area contributed by atoms with E-state index in [2.05, 4.69) is 5.32 Å². The van der Waals surface area contributed by atoms with Gasteiger partial charge in [0, 0.05) is 37.8 Å². The monoisotopic (exact) mass is 416 g/mol. The van der Waals surface area contributed by atoms with Crippen molar-refractivity contribution in [3.8, 4) is 0 Å². The van der Waals surface area contributed by atoms with Crippen LogP contribution >= 0.6 is 11.6 Å². The molecule has 0 saturated carbocycles. The molecule has 1 amide bonds. The van der Waals surface area contributed by atoms with Crippen LogP contribution in [0.25, 0.3) is 0 Å². The average Bonchev–Trinajstić information content (AvgIpc) is 2.70. The first-order valence-corrected chi connectivity index (χ1v) is 9.54. The van der Waals surface area contributed by atoms with Crippen LogP contribution in [0, 0.1) is 10.1 Å². The van der Waals surface area contributed by atoms with Crippen LogP contribution in [0.2, 0.25) is 5.02 Å². The third-order valence-electron chi connectivity index (χ3n) is 4.81. The van der Waals surface area contributed by atoms with Crippen LogP contribution in [-0.2, 0) is 4.79 Å². The van der Waals surface area contributed by atoms with Gasteiger partial charge in [0.1, 0.15) is 5.69 Å². The topological polar surface area (TPSA) is 95.8 Å². The second kappa shape index (κ2) is 9.02. The van der Waals surface area contributed by atoms with E-state index >= 15 is 0 Å². The summed E-state index contributed by atoms with van der Waals surface area (Å²) in [6.07, 6.45) is 0. The normalized spacial score (nSPS) is 14.5. The van der Waals surface area contributed by atoms with Crippen molar-refractivity contribution in [1.29, 1.82) is 0 Å². The molecular formula is C20H21ClN4O4. The summed E-state index contributed by atoms with van der Waals surface area (Å²) in [4.78, 5) is 38.7. The fourth-order valence-corrected chi connectivity index (χ4v) is 3.44. The van der Waals surface area contributed by atoms with Gasteiger partial charge in [0.05, 0.1) is 22.2 Å². The number of hydrogen-bond donors (Lipinski definition) is 1. The highest BCUT2D eigenvalue weighted by atomic mass is 35.5. The Hall–Kier alpha value is -2.97. The summed E-state index contributed by atoms with van der Waals surface area (Å²) in [5.41, 5.74) is 1.29. The van der Waals surface area contributed by atoms with E-state index in [1.165, 1.54) is 13.0 Å². The third kappa shape index (κ3) is 5.10. The molecule has 9 heteroatoms. The lowest BCUT2D eigenvalue weighted by Crippen LogP contribution is -2.48. The number of Topliss-reactive ketones (excluding diaryl/α,β-unsaturated/α-hetero) is 1. The number of piperazine rings is 1. The first-order valence-electron chi connectivity index (χ1n) is 9.16. The smallest absolute Gasteiger partial charge is 0.293 e. The van der Waals surface area contributed by atoms with Gasteiger partial charge in [0.15, 0.2) is 5.78 Å². The molecule has 1 heterocycles. The predicted molar refractivity (Wildman–Crippen MR) is 112 cm³/mol. The molecule has 1 saturated heterocycles.